The van der Waals surface area contributed by atoms with E-state index in [2.05, 4.69) is 0 Å². The van der Waals surface area contributed by atoms with Gasteiger partial charge in [-0.15, -0.1) is 0 Å². The van der Waals surface area contributed by atoms with Crippen LogP contribution in [0, 0.1) is 0 Å². The summed E-state index contributed by atoms with van der Waals surface area (Å²) in [4.78, 5) is 11.5. The molecular formula is C13H16O5. The van der Waals surface area contributed by atoms with Gasteiger partial charge in [-0.25, -0.2) is 4.79 Å². The fourth-order valence-corrected chi connectivity index (χ4v) is 1.89. The highest BCUT2D eigenvalue weighted by Crippen LogP contribution is 2.22. The number of aliphatic hydroxyl groups is 2. The van der Waals surface area contributed by atoms with Crippen LogP contribution in [0.25, 0.3) is 0 Å². The number of hydrogen-bond donors (Lipinski definition) is 2. The molecule has 1 aliphatic heterocycles. The summed E-state index contributed by atoms with van der Waals surface area (Å²) in [6.07, 6.45) is -4.02. The molecule has 2 N–H and O–H groups in total. The molecule has 0 unspecified atom stereocenters. The van der Waals surface area contributed by atoms with Gasteiger partial charge in [-0.2, -0.15) is 0 Å². The van der Waals surface area contributed by atoms with Gasteiger partial charge >= 0.3 is 5.97 Å². The summed E-state index contributed by atoms with van der Waals surface area (Å²) in [5.41, 5.74) is 0.901. The van der Waals surface area contributed by atoms with Gasteiger partial charge in [0.15, 0.2) is 12.2 Å². The number of hydrogen-bond acceptors (Lipinski definition) is 5. The Bertz CT molecular complexity index is 403. The molecule has 1 saturated heterocycles. The van der Waals surface area contributed by atoms with Crippen LogP contribution in [0.4, 0.5) is 0 Å². The van der Waals surface area contributed by atoms with Crippen LogP contribution in [0.3, 0.4) is 0 Å². The minimum Gasteiger partial charge on any atom is -0.455 e. The van der Waals surface area contributed by atoms with E-state index in [1.165, 1.54) is 6.92 Å². The van der Waals surface area contributed by atoms with Crippen molar-refractivity contribution in [3.05, 3.63) is 35.9 Å². The Kier molecular flexibility index (Phi) is 3.96. The number of carbonyl (C=O) groups is 1. The summed E-state index contributed by atoms with van der Waals surface area (Å²) in [5.74, 6) is -0.635. The molecule has 0 bridgehead atoms. The first kappa shape index (κ1) is 13.0. The lowest BCUT2D eigenvalue weighted by atomic mass is 10.1. The molecule has 0 aromatic heterocycles. The maximum absolute atomic E-state index is 11.5. The summed E-state index contributed by atoms with van der Waals surface area (Å²) < 4.78 is 10.2. The zero-order chi connectivity index (χ0) is 13.1. The average Bonchev–Trinajstić information content (AvgIpc) is 2.64. The molecule has 0 aliphatic carbocycles. The second-order valence-electron chi connectivity index (χ2n) is 4.35. The third-order valence-electron chi connectivity index (χ3n) is 2.88. The SMILES string of the molecule is C[C@H](O)[C@H]1OC(=O)[C@@H](OCc2ccccc2)[C@@H]1O. The Hall–Kier alpha value is -1.43. The van der Waals surface area contributed by atoms with E-state index >= 15 is 0 Å². The maximum atomic E-state index is 11.5. The fourth-order valence-electron chi connectivity index (χ4n) is 1.89. The van der Waals surface area contributed by atoms with E-state index in [4.69, 9.17) is 9.47 Å². The third-order valence-corrected chi connectivity index (χ3v) is 2.88. The lowest BCUT2D eigenvalue weighted by molar-refractivity contribution is -0.152. The predicted molar refractivity (Wildman–Crippen MR) is 62.6 cm³/mol. The van der Waals surface area contributed by atoms with Crippen molar-refractivity contribution in [1.29, 1.82) is 0 Å². The Labute approximate surface area is 105 Å². The van der Waals surface area contributed by atoms with E-state index in [1.54, 1.807) is 0 Å². The summed E-state index contributed by atoms with van der Waals surface area (Å²) in [5, 5.41) is 19.2. The quantitative estimate of drug-likeness (QED) is 0.751. The van der Waals surface area contributed by atoms with Crippen molar-refractivity contribution in [3.63, 3.8) is 0 Å². The molecule has 0 radical (unpaired) electrons. The summed E-state index contributed by atoms with van der Waals surface area (Å²) in [7, 11) is 0. The van der Waals surface area contributed by atoms with Crippen molar-refractivity contribution >= 4 is 5.97 Å². The first-order valence-electron chi connectivity index (χ1n) is 5.81. The standard InChI is InChI=1S/C13H16O5/c1-8(14)11-10(15)12(13(16)18-11)17-7-9-5-3-2-4-6-9/h2-6,8,10-12,14-15H,7H2,1H3/t8-,10+,11+,12-/m0/s1. The molecule has 1 aliphatic rings. The number of aliphatic hydroxyl groups excluding tert-OH is 2. The zero-order valence-corrected chi connectivity index (χ0v) is 10.0. The lowest BCUT2D eigenvalue weighted by Crippen LogP contribution is -2.38. The van der Waals surface area contributed by atoms with Gasteiger partial charge in [0.1, 0.15) is 6.10 Å². The highest BCUT2D eigenvalue weighted by Gasteiger charge is 2.46. The topological polar surface area (TPSA) is 76.0 Å². The molecule has 1 heterocycles. The van der Waals surface area contributed by atoms with Gasteiger partial charge in [0.2, 0.25) is 0 Å². The van der Waals surface area contributed by atoms with Crippen LogP contribution in [0.2, 0.25) is 0 Å². The van der Waals surface area contributed by atoms with E-state index in [-0.39, 0.29) is 6.61 Å². The Morgan fingerprint density at radius 1 is 1.39 bits per heavy atom. The molecule has 4 atom stereocenters. The van der Waals surface area contributed by atoms with E-state index in [1.807, 2.05) is 30.3 Å². The van der Waals surface area contributed by atoms with Crippen LogP contribution in [-0.2, 0) is 20.9 Å². The molecule has 5 heteroatoms. The van der Waals surface area contributed by atoms with Crippen molar-refractivity contribution in [2.24, 2.45) is 0 Å². The average molecular weight is 252 g/mol. The minimum absolute atomic E-state index is 0.212. The number of esters is 1. The van der Waals surface area contributed by atoms with Crippen molar-refractivity contribution in [2.45, 2.75) is 37.9 Å². The number of benzene rings is 1. The number of carbonyl (C=O) groups excluding carboxylic acids is 1. The van der Waals surface area contributed by atoms with Gasteiger partial charge in [-0.1, -0.05) is 30.3 Å². The molecule has 0 spiro atoms. The molecule has 5 nitrogen and oxygen atoms in total. The normalized spacial score (nSPS) is 29.1. The van der Waals surface area contributed by atoms with Gasteiger partial charge in [0.05, 0.1) is 12.7 Å². The van der Waals surface area contributed by atoms with E-state index < -0.39 is 30.4 Å². The second kappa shape index (κ2) is 5.48. The summed E-state index contributed by atoms with van der Waals surface area (Å²) in [6.45, 7) is 1.67. The van der Waals surface area contributed by atoms with Crippen LogP contribution in [0.5, 0.6) is 0 Å². The van der Waals surface area contributed by atoms with Crippen LogP contribution in [0.15, 0.2) is 30.3 Å². The molecule has 98 valence electrons. The number of ether oxygens (including phenoxy) is 2. The van der Waals surface area contributed by atoms with Crippen molar-refractivity contribution in [1.82, 2.24) is 0 Å². The van der Waals surface area contributed by atoms with Gasteiger partial charge in [0, 0.05) is 0 Å². The first-order valence-corrected chi connectivity index (χ1v) is 5.81. The van der Waals surface area contributed by atoms with Crippen LogP contribution >= 0.6 is 0 Å². The molecule has 1 aromatic rings. The predicted octanol–water partition coefficient (Wildman–Crippen LogP) is 0.239. The van der Waals surface area contributed by atoms with Gasteiger partial charge < -0.3 is 19.7 Å². The van der Waals surface area contributed by atoms with E-state index in [0.717, 1.165) is 5.56 Å². The Morgan fingerprint density at radius 2 is 2.06 bits per heavy atom. The Balaban J connectivity index is 1.95. The molecule has 0 saturated carbocycles. The minimum atomic E-state index is -1.14. The molecule has 1 fully saturated rings. The van der Waals surface area contributed by atoms with E-state index in [0.29, 0.717) is 0 Å². The monoisotopic (exact) mass is 252 g/mol. The number of rotatable bonds is 4. The number of cyclic esters (lactones) is 1. The van der Waals surface area contributed by atoms with Crippen molar-refractivity contribution < 1.29 is 24.5 Å². The maximum Gasteiger partial charge on any atom is 0.338 e. The van der Waals surface area contributed by atoms with Crippen molar-refractivity contribution in [3.8, 4) is 0 Å². The summed E-state index contributed by atoms with van der Waals surface area (Å²) in [6, 6.07) is 9.32. The van der Waals surface area contributed by atoms with Crippen molar-refractivity contribution in [2.75, 3.05) is 0 Å². The van der Waals surface area contributed by atoms with Crippen LogP contribution in [0.1, 0.15) is 12.5 Å². The largest absolute Gasteiger partial charge is 0.455 e. The highest BCUT2D eigenvalue weighted by molar-refractivity contribution is 5.78. The molecule has 18 heavy (non-hydrogen) atoms. The highest BCUT2D eigenvalue weighted by atomic mass is 16.6. The molecule has 1 aromatic carbocycles. The van der Waals surface area contributed by atoms with Gasteiger partial charge in [-0.05, 0) is 12.5 Å². The molecular weight excluding hydrogens is 236 g/mol. The van der Waals surface area contributed by atoms with Crippen LogP contribution < -0.4 is 0 Å². The molecule has 2 rings (SSSR count). The third kappa shape index (κ3) is 2.69. The smallest absolute Gasteiger partial charge is 0.338 e. The molecule has 0 amide bonds. The van der Waals surface area contributed by atoms with E-state index in [9.17, 15) is 15.0 Å². The van der Waals surface area contributed by atoms with Gasteiger partial charge in [0.25, 0.3) is 0 Å². The fraction of sp³-hybridized carbons (Fsp3) is 0.462. The Morgan fingerprint density at radius 3 is 2.61 bits per heavy atom. The summed E-state index contributed by atoms with van der Waals surface area (Å²) >= 11 is 0. The second-order valence-corrected chi connectivity index (χ2v) is 4.35. The van der Waals surface area contributed by atoms with Crippen LogP contribution in [-0.4, -0.2) is 40.6 Å². The first-order chi connectivity index (χ1) is 8.59. The zero-order valence-electron chi connectivity index (χ0n) is 10.0. The van der Waals surface area contributed by atoms with Gasteiger partial charge in [-0.3, -0.25) is 0 Å². The lowest BCUT2D eigenvalue weighted by Gasteiger charge is -2.17.